The van der Waals surface area contributed by atoms with Gasteiger partial charge in [0.25, 0.3) is 0 Å². The lowest BCUT2D eigenvalue weighted by atomic mass is 10.0. The summed E-state index contributed by atoms with van der Waals surface area (Å²) in [6, 6.07) is 17.5. The van der Waals surface area contributed by atoms with Gasteiger partial charge in [-0.05, 0) is 28.8 Å². The van der Waals surface area contributed by atoms with Crippen LogP contribution in [0.25, 0.3) is 0 Å². The summed E-state index contributed by atoms with van der Waals surface area (Å²) in [7, 11) is 4.55. The summed E-state index contributed by atoms with van der Waals surface area (Å²) in [6.45, 7) is 0.992. The van der Waals surface area contributed by atoms with E-state index in [1.807, 2.05) is 54.6 Å². The molecule has 0 bridgehead atoms. The minimum Gasteiger partial charge on any atom is -0.497 e. The van der Waals surface area contributed by atoms with Gasteiger partial charge in [0, 0.05) is 19.6 Å². The van der Waals surface area contributed by atoms with Gasteiger partial charge in [-0.2, -0.15) is 0 Å². The second-order valence-corrected chi connectivity index (χ2v) is 7.38. The van der Waals surface area contributed by atoms with Crippen molar-refractivity contribution in [3.63, 3.8) is 0 Å². The molecule has 0 N–H and O–H groups in total. The Morgan fingerprint density at radius 1 is 1.00 bits per heavy atom. The lowest BCUT2D eigenvalue weighted by molar-refractivity contribution is -0.135. The summed E-state index contributed by atoms with van der Waals surface area (Å²) in [4.78, 5) is 12.0. The molecule has 2 aromatic rings. The zero-order valence-electron chi connectivity index (χ0n) is 18.7. The monoisotopic (exact) mass is 442 g/mol. The molecule has 1 aliphatic rings. The lowest BCUT2D eigenvalue weighted by Gasteiger charge is -2.22. The molecule has 7 heteroatoms. The highest BCUT2D eigenvalue weighted by Gasteiger charge is 2.39. The Morgan fingerprint density at radius 3 is 2.38 bits per heavy atom. The third-order valence-electron chi connectivity index (χ3n) is 5.20. The number of rotatable bonds is 11. The smallest absolute Gasteiger partial charge is 0.330 e. The molecule has 32 heavy (non-hydrogen) atoms. The van der Waals surface area contributed by atoms with Gasteiger partial charge in [-0.1, -0.05) is 42.5 Å². The van der Waals surface area contributed by atoms with E-state index in [0.717, 1.165) is 16.9 Å². The van der Waals surface area contributed by atoms with Crippen LogP contribution in [0.1, 0.15) is 17.5 Å². The first-order chi connectivity index (χ1) is 15.6. The number of carbonyl (C=O) groups excluding carboxylic acids is 1. The van der Waals surface area contributed by atoms with Gasteiger partial charge in [0.1, 0.15) is 11.9 Å². The quantitative estimate of drug-likeness (QED) is 0.388. The molecule has 0 spiro atoms. The largest absolute Gasteiger partial charge is 0.497 e. The average Bonchev–Trinajstić information content (AvgIpc) is 3.26. The fourth-order valence-electron chi connectivity index (χ4n) is 3.46. The van der Waals surface area contributed by atoms with Crippen LogP contribution in [0, 0.1) is 0 Å². The topological polar surface area (TPSA) is 72.5 Å². The third-order valence-corrected chi connectivity index (χ3v) is 5.20. The van der Waals surface area contributed by atoms with E-state index in [4.69, 9.17) is 28.4 Å². The molecular weight excluding hydrogens is 412 g/mol. The molecule has 0 aliphatic carbocycles. The summed E-state index contributed by atoms with van der Waals surface area (Å²) in [5, 5.41) is 0. The molecule has 2 aromatic carbocycles. The standard InChI is InChI=1S/C25H30O7/c1-27-21-11-9-19(10-12-21)15-30-17-20(13-23(26)28-2)25-22(14-24(29-3)32-25)31-16-18-7-5-4-6-8-18/h4-13,22,24-25H,14-17H2,1-3H3/b20-13+/t22-,24+,25-/m1/s1. The van der Waals surface area contributed by atoms with Crippen molar-refractivity contribution in [1.29, 1.82) is 0 Å². The van der Waals surface area contributed by atoms with E-state index in [9.17, 15) is 4.79 Å². The van der Waals surface area contributed by atoms with Crippen LogP contribution >= 0.6 is 0 Å². The SMILES string of the molecule is COC(=O)/C=C(\COCc1ccc(OC)cc1)[C@H]1O[C@H](OC)C[C@H]1OCc1ccccc1. The van der Waals surface area contributed by atoms with Crippen molar-refractivity contribution < 1.29 is 33.2 Å². The van der Waals surface area contributed by atoms with Crippen LogP contribution in [0.3, 0.4) is 0 Å². The number of ether oxygens (including phenoxy) is 6. The maximum Gasteiger partial charge on any atom is 0.330 e. The Balaban J connectivity index is 1.68. The Labute approximate surface area is 188 Å². The van der Waals surface area contributed by atoms with Gasteiger partial charge in [-0.15, -0.1) is 0 Å². The molecule has 1 fully saturated rings. The summed E-state index contributed by atoms with van der Waals surface area (Å²) >= 11 is 0. The van der Waals surface area contributed by atoms with Crippen molar-refractivity contribution in [1.82, 2.24) is 0 Å². The first-order valence-corrected chi connectivity index (χ1v) is 10.5. The Morgan fingerprint density at radius 2 is 1.72 bits per heavy atom. The minimum absolute atomic E-state index is 0.188. The van der Waals surface area contributed by atoms with E-state index >= 15 is 0 Å². The van der Waals surface area contributed by atoms with Gasteiger partial charge in [-0.3, -0.25) is 0 Å². The van der Waals surface area contributed by atoms with Crippen LogP contribution in [0.15, 0.2) is 66.2 Å². The number of esters is 1. The van der Waals surface area contributed by atoms with Crippen LogP contribution < -0.4 is 4.74 Å². The van der Waals surface area contributed by atoms with E-state index in [0.29, 0.717) is 25.2 Å². The molecule has 0 unspecified atom stereocenters. The van der Waals surface area contributed by atoms with Crippen molar-refractivity contribution in [2.75, 3.05) is 27.9 Å². The van der Waals surface area contributed by atoms with Gasteiger partial charge in [-0.25, -0.2) is 4.79 Å². The predicted octanol–water partition coefficient (Wildman–Crippen LogP) is 3.66. The number of hydrogen-bond acceptors (Lipinski definition) is 7. The van der Waals surface area contributed by atoms with Crippen LogP contribution in [0.5, 0.6) is 5.75 Å². The van der Waals surface area contributed by atoms with Crippen molar-refractivity contribution in [2.24, 2.45) is 0 Å². The zero-order valence-corrected chi connectivity index (χ0v) is 18.7. The third kappa shape index (κ3) is 6.90. The number of hydrogen-bond donors (Lipinski definition) is 0. The summed E-state index contributed by atoms with van der Waals surface area (Å²) in [6.07, 6.45) is 0.753. The van der Waals surface area contributed by atoms with Crippen LogP contribution in [0.4, 0.5) is 0 Å². The lowest BCUT2D eigenvalue weighted by Crippen LogP contribution is -2.29. The first kappa shape index (κ1) is 23.9. The van der Waals surface area contributed by atoms with Gasteiger partial charge in [0.2, 0.25) is 0 Å². The van der Waals surface area contributed by atoms with Gasteiger partial charge in [0.05, 0.1) is 40.1 Å². The number of benzene rings is 2. The molecular formula is C25H30O7. The molecule has 0 radical (unpaired) electrons. The molecule has 3 rings (SSSR count). The molecule has 1 aliphatic heterocycles. The van der Waals surface area contributed by atoms with Gasteiger partial charge >= 0.3 is 5.97 Å². The van der Waals surface area contributed by atoms with Gasteiger partial charge < -0.3 is 28.4 Å². The van der Waals surface area contributed by atoms with E-state index in [1.54, 1.807) is 14.2 Å². The fourth-order valence-corrected chi connectivity index (χ4v) is 3.46. The van der Waals surface area contributed by atoms with Gasteiger partial charge in [0.15, 0.2) is 6.29 Å². The molecule has 7 nitrogen and oxygen atoms in total. The van der Waals surface area contributed by atoms with Crippen molar-refractivity contribution >= 4 is 5.97 Å². The van der Waals surface area contributed by atoms with Crippen LogP contribution in [-0.2, 0) is 41.7 Å². The zero-order chi connectivity index (χ0) is 22.8. The molecule has 0 saturated carbocycles. The Hall–Kier alpha value is -2.71. The maximum atomic E-state index is 12.0. The van der Waals surface area contributed by atoms with Crippen LogP contribution in [0.2, 0.25) is 0 Å². The summed E-state index contributed by atoms with van der Waals surface area (Å²) in [5.41, 5.74) is 2.69. The molecule has 1 heterocycles. The maximum absolute atomic E-state index is 12.0. The first-order valence-electron chi connectivity index (χ1n) is 10.5. The Kier molecular flexibility index (Phi) is 9.25. The summed E-state index contributed by atoms with van der Waals surface area (Å²) < 4.78 is 33.5. The predicted molar refractivity (Wildman–Crippen MR) is 118 cm³/mol. The Bertz CT molecular complexity index is 864. The highest BCUT2D eigenvalue weighted by Crippen LogP contribution is 2.30. The normalized spacial score (nSPS) is 20.8. The molecule has 172 valence electrons. The molecule has 0 amide bonds. The highest BCUT2D eigenvalue weighted by molar-refractivity contribution is 5.82. The van der Waals surface area contributed by atoms with Crippen LogP contribution in [-0.4, -0.2) is 52.4 Å². The fraction of sp³-hybridized carbons (Fsp3) is 0.400. The average molecular weight is 443 g/mol. The summed E-state index contributed by atoms with van der Waals surface area (Å²) in [5.74, 6) is 0.308. The molecule has 3 atom stereocenters. The second-order valence-electron chi connectivity index (χ2n) is 7.38. The van der Waals surface area contributed by atoms with E-state index in [2.05, 4.69) is 0 Å². The molecule has 0 aromatic heterocycles. The van der Waals surface area contributed by atoms with E-state index in [-0.39, 0.29) is 12.7 Å². The minimum atomic E-state index is -0.487. The van der Waals surface area contributed by atoms with Crippen molar-refractivity contribution in [3.05, 3.63) is 77.4 Å². The highest BCUT2D eigenvalue weighted by atomic mass is 16.7. The van der Waals surface area contributed by atoms with E-state index in [1.165, 1.54) is 13.2 Å². The van der Waals surface area contributed by atoms with Crippen molar-refractivity contribution in [2.45, 2.75) is 38.1 Å². The second kappa shape index (κ2) is 12.4. The number of methoxy groups -OCH3 is 3. The van der Waals surface area contributed by atoms with E-state index < -0.39 is 18.4 Å². The number of carbonyl (C=O) groups is 1. The molecule has 1 saturated heterocycles. The van der Waals surface area contributed by atoms with Crippen molar-refractivity contribution in [3.8, 4) is 5.75 Å².